The van der Waals surface area contributed by atoms with Crippen molar-refractivity contribution in [2.24, 2.45) is 0 Å². The summed E-state index contributed by atoms with van der Waals surface area (Å²) in [5.74, 6) is -0.137. The molecule has 1 heterocycles. The van der Waals surface area contributed by atoms with Crippen molar-refractivity contribution in [3.8, 4) is 0 Å². The molecule has 2 N–H and O–H groups in total. The molecule has 0 atom stereocenters. The van der Waals surface area contributed by atoms with E-state index in [-0.39, 0.29) is 5.91 Å². The molecular weight excluding hydrogens is 254 g/mol. The number of carbonyl (C=O) groups excluding carboxylic acids is 1. The third kappa shape index (κ3) is 3.00. The average Bonchev–Trinajstić information content (AvgIpc) is 2.73. The number of rotatable bonds is 5. The number of nitrogens with one attached hydrogen (secondary N) is 2. The Morgan fingerprint density at radius 3 is 3.17 bits per heavy atom. The maximum Gasteiger partial charge on any atom is 0.251 e. The van der Waals surface area contributed by atoms with Crippen molar-refractivity contribution in [2.45, 2.75) is 6.92 Å². The van der Waals surface area contributed by atoms with Gasteiger partial charge in [0.25, 0.3) is 5.91 Å². The number of hydrogen-bond acceptors (Lipinski definition) is 3. The van der Waals surface area contributed by atoms with Crippen molar-refractivity contribution in [3.05, 3.63) is 29.0 Å². The van der Waals surface area contributed by atoms with Gasteiger partial charge in [0.1, 0.15) is 0 Å². The molecule has 0 spiro atoms. The van der Waals surface area contributed by atoms with Gasteiger partial charge in [0.15, 0.2) is 0 Å². The number of aromatic nitrogens is 2. The van der Waals surface area contributed by atoms with Crippen molar-refractivity contribution in [2.75, 3.05) is 19.8 Å². The fourth-order valence-electron chi connectivity index (χ4n) is 1.60. The predicted molar refractivity (Wildman–Crippen MR) is 69.9 cm³/mol. The first-order valence-corrected chi connectivity index (χ1v) is 6.09. The molecule has 0 saturated heterocycles. The van der Waals surface area contributed by atoms with E-state index in [1.807, 2.05) is 6.92 Å². The minimum atomic E-state index is -0.137. The number of hydrogen-bond donors (Lipinski definition) is 2. The number of imidazole rings is 1. The zero-order valence-electron chi connectivity index (χ0n) is 10.00. The molecule has 0 fully saturated rings. The smallest absolute Gasteiger partial charge is 0.251 e. The SMILES string of the molecule is CCOCCNC(=O)c1ccc2nc(Cl)[nH]c2c1. The molecular formula is C12H14ClN3O2. The summed E-state index contributed by atoms with van der Waals surface area (Å²) in [6, 6.07) is 5.20. The van der Waals surface area contributed by atoms with E-state index in [4.69, 9.17) is 16.3 Å². The molecule has 0 aliphatic carbocycles. The molecule has 5 nitrogen and oxygen atoms in total. The van der Waals surface area contributed by atoms with E-state index in [1.54, 1.807) is 18.2 Å². The van der Waals surface area contributed by atoms with Crippen LogP contribution in [-0.4, -0.2) is 35.6 Å². The molecule has 0 radical (unpaired) electrons. The van der Waals surface area contributed by atoms with Gasteiger partial charge in [-0.1, -0.05) is 0 Å². The second kappa shape index (κ2) is 5.84. The van der Waals surface area contributed by atoms with E-state index in [1.165, 1.54) is 0 Å². The first-order chi connectivity index (χ1) is 8.70. The lowest BCUT2D eigenvalue weighted by Crippen LogP contribution is -2.27. The molecule has 0 aliphatic heterocycles. The maximum atomic E-state index is 11.8. The van der Waals surface area contributed by atoms with Crippen LogP contribution in [0.3, 0.4) is 0 Å². The topological polar surface area (TPSA) is 67.0 Å². The zero-order chi connectivity index (χ0) is 13.0. The monoisotopic (exact) mass is 267 g/mol. The number of carbonyl (C=O) groups is 1. The molecule has 96 valence electrons. The van der Waals surface area contributed by atoms with Crippen LogP contribution in [0.15, 0.2) is 18.2 Å². The number of aromatic amines is 1. The average molecular weight is 268 g/mol. The van der Waals surface area contributed by atoms with E-state index in [0.717, 1.165) is 11.0 Å². The highest BCUT2D eigenvalue weighted by Gasteiger charge is 2.07. The van der Waals surface area contributed by atoms with Gasteiger partial charge in [-0.05, 0) is 36.7 Å². The third-order valence-corrected chi connectivity index (χ3v) is 2.63. The summed E-state index contributed by atoms with van der Waals surface area (Å²) in [6.07, 6.45) is 0. The van der Waals surface area contributed by atoms with Crippen LogP contribution in [0.5, 0.6) is 0 Å². The minimum Gasteiger partial charge on any atom is -0.380 e. The summed E-state index contributed by atoms with van der Waals surface area (Å²) in [4.78, 5) is 18.8. The van der Waals surface area contributed by atoms with E-state index >= 15 is 0 Å². The van der Waals surface area contributed by atoms with Crippen molar-refractivity contribution in [3.63, 3.8) is 0 Å². The van der Waals surface area contributed by atoms with Gasteiger partial charge < -0.3 is 15.0 Å². The first kappa shape index (κ1) is 12.9. The molecule has 2 rings (SSSR count). The van der Waals surface area contributed by atoms with Crippen LogP contribution in [-0.2, 0) is 4.74 Å². The molecule has 0 aliphatic rings. The fraction of sp³-hybridized carbons (Fsp3) is 0.333. The summed E-state index contributed by atoms with van der Waals surface area (Å²) >= 11 is 5.75. The van der Waals surface area contributed by atoms with Crippen LogP contribution < -0.4 is 5.32 Å². The number of benzene rings is 1. The molecule has 2 aromatic rings. The summed E-state index contributed by atoms with van der Waals surface area (Å²) < 4.78 is 5.14. The molecule has 1 aromatic heterocycles. The quantitative estimate of drug-likeness (QED) is 0.814. The number of halogens is 1. The highest BCUT2D eigenvalue weighted by molar-refractivity contribution is 6.29. The lowest BCUT2D eigenvalue weighted by Gasteiger charge is -2.05. The molecule has 6 heteroatoms. The summed E-state index contributed by atoms with van der Waals surface area (Å²) in [5, 5.41) is 3.09. The zero-order valence-corrected chi connectivity index (χ0v) is 10.8. The predicted octanol–water partition coefficient (Wildman–Crippen LogP) is 1.98. The normalized spacial score (nSPS) is 10.8. The summed E-state index contributed by atoms with van der Waals surface area (Å²) in [6.45, 7) is 3.57. The first-order valence-electron chi connectivity index (χ1n) is 5.72. The molecule has 1 aromatic carbocycles. The lowest BCUT2D eigenvalue weighted by atomic mass is 10.2. The Labute approximate surface area is 109 Å². The molecule has 0 bridgehead atoms. The Balaban J connectivity index is 2.03. The van der Waals surface area contributed by atoms with Gasteiger partial charge in [0, 0.05) is 18.7 Å². The summed E-state index contributed by atoms with van der Waals surface area (Å²) in [7, 11) is 0. The Bertz CT molecular complexity index is 553. The van der Waals surface area contributed by atoms with E-state index in [2.05, 4.69) is 15.3 Å². The van der Waals surface area contributed by atoms with Gasteiger partial charge in [-0.2, -0.15) is 0 Å². The van der Waals surface area contributed by atoms with Gasteiger partial charge >= 0.3 is 0 Å². The van der Waals surface area contributed by atoms with Crippen molar-refractivity contribution >= 4 is 28.5 Å². The standard InChI is InChI=1S/C12H14ClN3O2/c1-2-18-6-5-14-11(17)8-3-4-9-10(7-8)16-12(13)15-9/h3-4,7H,2,5-6H2,1H3,(H,14,17)(H,15,16). The van der Waals surface area contributed by atoms with E-state index < -0.39 is 0 Å². The highest BCUT2D eigenvalue weighted by atomic mass is 35.5. The Morgan fingerprint density at radius 1 is 1.56 bits per heavy atom. The fourth-order valence-corrected chi connectivity index (χ4v) is 1.80. The molecule has 0 unspecified atom stereocenters. The van der Waals surface area contributed by atoms with Crippen molar-refractivity contribution in [1.29, 1.82) is 0 Å². The third-order valence-electron chi connectivity index (χ3n) is 2.45. The van der Waals surface area contributed by atoms with Gasteiger partial charge in [-0.3, -0.25) is 4.79 Å². The van der Waals surface area contributed by atoms with Crippen LogP contribution in [0.25, 0.3) is 11.0 Å². The summed E-state index contributed by atoms with van der Waals surface area (Å²) in [5.41, 5.74) is 2.06. The largest absolute Gasteiger partial charge is 0.380 e. The van der Waals surface area contributed by atoms with E-state index in [0.29, 0.717) is 30.6 Å². The second-order valence-corrected chi connectivity index (χ2v) is 4.07. The van der Waals surface area contributed by atoms with Crippen LogP contribution in [0.4, 0.5) is 0 Å². The van der Waals surface area contributed by atoms with Gasteiger partial charge in [0.05, 0.1) is 17.6 Å². The highest BCUT2D eigenvalue weighted by Crippen LogP contribution is 2.16. The molecule has 0 saturated carbocycles. The number of amides is 1. The van der Waals surface area contributed by atoms with Crippen LogP contribution in [0.2, 0.25) is 5.28 Å². The lowest BCUT2D eigenvalue weighted by molar-refractivity contribution is 0.0922. The molecule has 1 amide bonds. The number of fused-ring (bicyclic) bond motifs is 1. The Kier molecular flexibility index (Phi) is 4.17. The molecule has 18 heavy (non-hydrogen) atoms. The van der Waals surface area contributed by atoms with Crippen molar-refractivity contribution in [1.82, 2.24) is 15.3 Å². The van der Waals surface area contributed by atoms with Crippen LogP contribution >= 0.6 is 11.6 Å². The van der Waals surface area contributed by atoms with Gasteiger partial charge in [0.2, 0.25) is 5.28 Å². The van der Waals surface area contributed by atoms with Gasteiger partial charge in [-0.25, -0.2) is 4.98 Å². The Morgan fingerprint density at radius 2 is 2.39 bits per heavy atom. The second-order valence-electron chi connectivity index (χ2n) is 3.71. The van der Waals surface area contributed by atoms with Crippen LogP contribution in [0, 0.1) is 0 Å². The van der Waals surface area contributed by atoms with Gasteiger partial charge in [-0.15, -0.1) is 0 Å². The number of nitrogens with zero attached hydrogens (tertiary/aromatic N) is 1. The minimum absolute atomic E-state index is 0.137. The van der Waals surface area contributed by atoms with Crippen molar-refractivity contribution < 1.29 is 9.53 Å². The Hall–Kier alpha value is -1.59. The van der Waals surface area contributed by atoms with E-state index in [9.17, 15) is 4.79 Å². The number of H-pyrrole nitrogens is 1. The van der Waals surface area contributed by atoms with Crippen LogP contribution in [0.1, 0.15) is 17.3 Å². The number of ether oxygens (including phenoxy) is 1. The maximum absolute atomic E-state index is 11.8.